The minimum Gasteiger partial charge on any atom is -0.352 e. The predicted octanol–water partition coefficient (Wildman–Crippen LogP) is 3.91. The Morgan fingerprint density at radius 3 is 2.54 bits per heavy atom. The van der Waals surface area contributed by atoms with Crippen molar-refractivity contribution in [3.63, 3.8) is 0 Å². The first-order valence-electron chi connectivity index (χ1n) is 7.81. The van der Waals surface area contributed by atoms with Gasteiger partial charge >= 0.3 is 0 Å². The van der Waals surface area contributed by atoms with Gasteiger partial charge in [-0.25, -0.2) is 9.97 Å². The first kappa shape index (κ1) is 13.1. The molecule has 0 aliphatic heterocycles. The monoisotopic (exact) mass is 313 g/mol. The molecule has 5 nitrogen and oxygen atoms in total. The molecule has 0 fully saturated rings. The van der Waals surface area contributed by atoms with Gasteiger partial charge in [-0.15, -0.1) is 0 Å². The van der Waals surface area contributed by atoms with E-state index in [1.165, 1.54) is 10.8 Å². The van der Waals surface area contributed by atoms with Gasteiger partial charge in [0.05, 0.1) is 35.1 Å². The molecule has 116 valence electrons. The van der Waals surface area contributed by atoms with Gasteiger partial charge in [0, 0.05) is 42.0 Å². The lowest BCUT2D eigenvalue weighted by molar-refractivity contribution is 0.913. The molecule has 0 aliphatic rings. The van der Waals surface area contributed by atoms with E-state index < -0.39 is 0 Å². The molecule has 2 aromatic carbocycles. The summed E-state index contributed by atoms with van der Waals surface area (Å²) in [5.74, 6) is 0. The Labute approximate surface area is 138 Å². The normalized spacial score (nSPS) is 11.5. The first-order chi connectivity index (χ1) is 11.8. The zero-order chi connectivity index (χ0) is 16.1. The van der Waals surface area contributed by atoms with Gasteiger partial charge in [-0.1, -0.05) is 30.3 Å². The van der Waals surface area contributed by atoms with Crippen molar-refractivity contribution in [2.75, 3.05) is 0 Å². The molecule has 5 aromatic rings. The van der Waals surface area contributed by atoms with Crippen LogP contribution in [0.4, 0.5) is 0 Å². The molecule has 3 heterocycles. The van der Waals surface area contributed by atoms with E-state index in [1.807, 2.05) is 41.2 Å². The number of aromatic amines is 1. The Kier molecular flexibility index (Phi) is 2.64. The van der Waals surface area contributed by atoms with Crippen LogP contribution in [-0.4, -0.2) is 24.1 Å². The van der Waals surface area contributed by atoms with Crippen molar-refractivity contribution in [3.05, 3.63) is 67.6 Å². The number of para-hydroxylation sites is 2. The summed E-state index contributed by atoms with van der Waals surface area (Å²) < 4.78 is 3.99. The number of nitrogens with zero attached hydrogens (tertiary/aromatic N) is 4. The molecule has 5 rings (SSSR count). The summed E-state index contributed by atoms with van der Waals surface area (Å²) in [4.78, 5) is 12.3. The second-order valence-corrected chi connectivity index (χ2v) is 5.95. The maximum Gasteiger partial charge on any atom is 0.0992 e. The van der Waals surface area contributed by atoms with E-state index >= 15 is 0 Å². The van der Waals surface area contributed by atoms with E-state index in [0.717, 1.165) is 28.0 Å². The topological polar surface area (TPSA) is 51.4 Å². The van der Waals surface area contributed by atoms with Gasteiger partial charge < -0.3 is 14.1 Å². The van der Waals surface area contributed by atoms with Crippen LogP contribution in [0.3, 0.4) is 0 Å². The third-order valence-electron chi connectivity index (χ3n) is 4.41. The van der Waals surface area contributed by atoms with Gasteiger partial charge in [0.1, 0.15) is 0 Å². The summed E-state index contributed by atoms with van der Waals surface area (Å²) in [7, 11) is 1.99. The highest BCUT2D eigenvalue weighted by Crippen LogP contribution is 2.34. The lowest BCUT2D eigenvalue weighted by Gasteiger charge is -2.03. The number of aromatic nitrogens is 5. The third-order valence-corrected chi connectivity index (χ3v) is 4.41. The SMILES string of the molecule is Cn1cnc(-c2cccc3c2[nH]c2c(-n4ccnc4)cccc23)c1. The van der Waals surface area contributed by atoms with Gasteiger partial charge in [-0.05, 0) is 6.07 Å². The smallest absolute Gasteiger partial charge is 0.0992 e. The fraction of sp³-hybridized carbons (Fsp3) is 0.0526. The van der Waals surface area contributed by atoms with Crippen LogP contribution in [0.1, 0.15) is 0 Å². The standard InChI is InChI=1S/C19H15N5/c1-23-10-16(21-12-23)15-6-2-4-13-14-5-3-7-17(19(14)22-18(13)15)24-9-8-20-11-24/h2-12,22H,1H3. The summed E-state index contributed by atoms with van der Waals surface area (Å²) in [5, 5.41) is 2.41. The number of fused-ring (bicyclic) bond motifs is 3. The molecule has 0 unspecified atom stereocenters. The number of benzene rings is 2. The Hall–Kier alpha value is -3.34. The van der Waals surface area contributed by atoms with Crippen LogP contribution >= 0.6 is 0 Å². The molecule has 0 radical (unpaired) electrons. The lowest BCUT2D eigenvalue weighted by Crippen LogP contribution is -1.90. The van der Waals surface area contributed by atoms with Crippen molar-refractivity contribution in [3.8, 4) is 16.9 Å². The summed E-state index contributed by atoms with van der Waals surface area (Å²) in [6.07, 6.45) is 9.44. The van der Waals surface area contributed by atoms with Crippen molar-refractivity contribution in [1.29, 1.82) is 0 Å². The number of rotatable bonds is 2. The van der Waals surface area contributed by atoms with Crippen LogP contribution in [0.2, 0.25) is 0 Å². The van der Waals surface area contributed by atoms with E-state index in [4.69, 9.17) is 0 Å². The van der Waals surface area contributed by atoms with Crippen molar-refractivity contribution in [2.45, 2.75) is 0 Å². The molecule has 0 bridgehead atoms. The number of nitrogens with one attached hydrogen (secondary N) is 1. The van der Waals surface area contributed by atoms with E-state index in [1.54, 1.807) is 6.20 Å². The van der Waals surface area contributed by atoms with Gasteiger partial charge in [0.2, 0.25) is 0 Å². The van der Waals surface area contributed by atoms with Gasteiger partial charge in [-0.2, -0.15) is 0 Å². The van der Waals surface area contributed by atoms with Crippen molar-refractivity contribution in [2.24, 2.45) is 7.05 Å². The lowest BCUT2D eigenvalue weighted by atomic mass is 10.1. The summed E-state index contributed by atoms with van der Waals surface area (Å²) in [6, 6.07) is 12.7. The highest BCUT2D eigenvalue weighted by molar-refractivity contribution is 6.13. The average Bonchev–Trinajstić information content (AvgIpc) is 3.33. The highest BCUT2D eigenvalue weighted by Gasteiger charge is 2.13. The number of imidazole rings is 2. The Morgan fingerprint density at radius 1 is 0.958 bits per heavy atom. The van der Waals surface area contributed by atoms with E-state index in [9.17, 15) is 0 Å². The Balaban J connectivity index is 1.86. The number of hydrogen-bond acceptors (Lipinski definition) is 2. The van der Waals surface area contributed by atoms with Crippen molar-refractivity contribution < 1.29 is 0 Å². The number of aryl methyl sites for hydroxylation is 1. The fourth-order valence-electron chi connectivity index (χ4n) is 3.31. The summed E-state index contributed by atoms with van der Waals surface area (Å²) in [6.45, 7) is 0. The van der Waals surface area contributed by atoms with Crippen molar-refractivity contribution in [1.82, 2.24) is 24.1 Å². The number of H-pyrrole nitrogens is 1. The second kappa shape index (κ2) is 4.83. The molecule has 0 amide bonds. The van der Waals surface area contributed by atoms with E-state index in [2.05, 4.69) is 51.4 Å². The largest absolute Gasteiger partial charge is 0.352 e. The quantitative estimate of drug-likeness (QED) is 0.537. The Bertz CT molecular complexity index is 1160. The zero-order valence-electron chi connectivity index (χ0n) is 13.1. The molecule has 3 aromatic heterocycles. The van der Waals surface area contributed by atoms with E-state index in [0.29, 0.717) is 0 Å². The maximum absolute atomic E-state index is 4.51. The van der Waals surface area contributed by atoms with Crippen LogP contribution in [0.5, 0.6) is 0 Å². The molecular formula is C19H15N5. The molecule has 0 saturated carbocycles. The highest BCUT2D eigenvalue weighted by atomic mass is 15.0. The molecule has 0 saturated heterocycles. The molecule has 0 aliphatic carbocycles. The third kappa shape index (κ3) is 1.81. The minimum absolute atomic E-state index is 0.971. The average molecular weight is 313 g/mol. The minimum atomic E-state index is 0.971. The first-order valence-corrected chi connectivity index (χ1v) is 7.81. The predicted molar refractivity (Wildman–Crippen MR) is 95.1 cm³/mol. The number of hydrogen-bond donors (Lipinski definition) is 1. The van der Waals surface area contributed by atoms with Gasteiger partial charge in [-0.3, -0.25) is 0 Å². The molecular weight excluding hydrogens is 298 g/mol. The van der Waals surface area contributed by atoms with Crippen molar-refractivity contribution >= 4 is 21.8 Å². The van der Waals surface area contributed by atoms with Gasteiger partial charge in [0.25, 0.3) is 0 Å². The van der Waals surface area contributed by atoms with Crippen LogP contribution in [0.15, 0.2) is 67.6 Å². The molecule has 5 heteroatoms. The molecule has 1 N–H and O–H groups in total. The second-order valence-electron chi connectivity index (χ2n) is 5.95. The van der Waals surface area contributed by atoms with Crippen LogP contribution in [0.25, 0.3) is 38.8 Å². The molecule has 0 atom stereocenters. The van der Waals surface area contributed by atoms with Gasteiger partial charge in [0.15, 0.2) is 0 Å². The Morgan fingerprint density at radius 2 is 1.79 bits per heavy atom. The molecule has 24 heavy (non-hydrogen) atoms. The van der Waals surface area contributed by atoms with Crippen LogP contribution in [0, 0.1) is 0 Å². The van der Waals surface area contributed by atoms with Crippen LogP contribution < -0.4 is 0 Å². The summed E-state index contributed by atoms with van der Waals surface area (Å²) in [5.41, 5.74) is 5.39. The fourth-order valence-corrected chi connectivity index (χ4v) is 3.31. The van der Waals surface area contributed by atoms with Crippen LogP contribution in [-0.2, 0) is 7.05 Å². The summed E-state index contributed by atoms with van der Waals surface area (Å²) >= 11 is 0. The molecule has 0 spiro atoms. The zero-order valence-corrected chi connectivity index (χ0v) is 13.1. The maximum atomic E-state index is 4.51. The van der Waals surface area contributed by atoms with E-state index in [-0.39, 0.29) is 0 Å².